The van der Waals surface area contributed by atoms with Crippen molar-refractivity contribution in [2.24, 2.45) is 0 Å². The molecule has 0 saturated carbocycles. The molecule has 27 heavy (non-hydrogen) atoms. The van der Waals surface area contributed by atoms with Crippen molar-refractivity contribution in [1.82, 2.24) is 29.4 Å². The van der Waals surface area contributed by atoms with Crippen LogP contribution < -0.4 is 0 Å². The monoisotopic (exact) mass is 360 g/mol. The summed E-state index contributed by atoms with van der Waals surface area (Å²) in [5.41, 5.74) is 2.32. The van der Waals surface area contributed by atoms with Gasteiger partial charge in [0.05, 0.1) is 18.2 Å². The van der Waals surface area contributed by atoms with Gasteiger partial charge in [0.15, 0.2) is 0 Å². The van der Waals surface area contributed by atoms with Crippen LogP contribution in [0.1, 0.15) is 23.9 Å². The van der Waals surface area contributed by atoms with Crippen LogP contribution in [-0.2, 0) is 11.3 Å². The van der Waals surface area contributed by atoms with Gasteiger partial charge in [-0.3, -0.25) is 9.78 Å². The SMILES string of the molecule is O=C1CC(c2nc(-c3cn4ccccc4n3)no2)CN1Cc1ccccn1. The predicted octanol–water partition coefficient (Wildman–Crippen LogP) is 2.30. The number of carbonyl (C=O) groups excluding carboxylic acids is 1. The van der Waals surface area contributed by atoms with Crippen molar-refractivity contribution in [2.45, 2.75) is 18.9 Å². The van der Waals surface area contributed by atoms with Crippen LogP contribution in [0.25, 0.3) is 17.2 Å². The molecule has 0 aromatic carbocycles. The van der Waals surface area contributed by atoms with E-state index in [1.165, 1.54) is 0 Å². The topological polar surface area (TPSA) is 89.4 Å². The Morgan fingerprint density at radius 1 is 1.15 bits per heavy atom. The summed E-state index contributed by atoms with van der Waals surface area (Å²) >= 11 is 0. The molecule has 0 radical (unpaired) electrons. The number of pyridine rings is 2. The van der Waals surface area contributed by atoms with Gasteiger partial charge in [-0.1, -0.05) is 17.3 Å². The van der Waals surface area contributed by atoms with E-state index < -0.39 is 0 Å². The van der Waals surface area contributed by atoms with E-state index in [2.05, 4.69) is 20.1 Å². The van der Waals surface area contributed by atoms with Crippen LogP contribution in [0.2, 0.25) is 0 Å². The van der Waals surface area contributed by atoms with Crippen molar-refractivity contribution in [3.63, 3.8) is 0 Å². The highest BCUT2D eigenvalue weighted by molar-refractivity contribution is 5.79. The van der Waals surface area contributed by atoms with Crippen molar-refractivity contribution in [1.29, 1.82) is 0 Å². The first-order valence-electron chi connectivity index (χ1n) is 8.72. The van der Waals surface area contributed by atoms with E-state index in [9.17, 15) is 4.79 Å². The zero-order valence-corrected chi connectivity index (χ0v) is 14.4. The normalized spacial score (nSPS) is 17.1. The quantitative estimate of drug-likeness (QED) is 0.555. The average Bonchev–Trinajstić information content (AvgIpc) is 3.41. The number of fused-ring (bicyclic) bond motifs is 1. The van der Waals surface area contributed by atoms with Gasteiger partial charge in [-0.05, 0) is 24.3 Å². The minimum atomic E-state index is -0.112. The fourth-order valence-electron chi connectivity index (χ4n) is 3.33. The second kappa shape index (κ2) is 6.31. The van der Waals surface area contributed by atoms with Crippen molar-refractivity contribution < 1.29 is 9.32 Å². The lowest BCUT2D eigenvalue weighted by molar-refractivity contribution is -0.128. The number of hydrogen-bond donors (Lipinski definition) is 0. The molecule has 5 rings (SSSR count). The molecule has 4 aromatic rings. The van der Waals surface area contributed by atoms with E-state index in [-0.39, 0.29) is 11.8 Å². The maximum atomic E-state index is 12.3. The first-order chi connectivity index (χ1) is 13.3. The van der Waals surface area contributed by atoms with Crippen molar-refractivity contribution in [3.05, 3.63) is 66.6 Å². The Labute approximate surface area is 154 Å². The average molecular weight is 360 g/mol. The molecule has 8 heteroatoms. The Morgan fingerprint density at radius 3 is 2.93 bits per heavy atom. The molecule has 5 heterocycles. The van der Waals surface area contributed by atoms with Crippen molar-refractivity contribution in [2.75, 3.05) is 6.54 Å². The third-order valence-corrected chi connectivity index (χ3v) is 4.68. The number of amides is 1. The van der Waals surface area contributed by atoms with E-state index in [4.69, 9.17) is 4.52 Å². The largest absolute Gasteiger partial charge is 0.339 e. The van der Waals surface area contributed by atoms with E-state index >= 15 is 0 Å². The zero-order chi connectivity index (χ0) is 18.2. The Hall–Kier alpha value is -3.55. The Morgan fingerprint density at radius 2 is 2.07 bits per heavy atom. The summed E-state index contributed by atoms with van der Waals surface area (Å²) in [4.78, 5) is 27.4. The van der Waals surface area contributed by atoms with Crippen LogP contribution >= 0.6 is 0 Å². The fraction of sp³-hybridized carbons (Fsp3) is 0.211. The number of aromatic nitrogens is 5. The second-order valence-corrected chi connectivity index (χ2v) is 6.54. The third-order valence-electron chi connectivity index (χ3n) is 4.68. The van der Waals surface area contributed by atoms with Crippen LogP contribution in [0.5, 0.6) is 0 Å². The molecule has 134 valence electrons. The molecule has 0 aliphatic carbocycles. The molecule has 1 saturated heterocycles. The van der Waals surface area contributed by atoms with E-state index in [0.29, 0.717) is 36.9 Å². The number of hydrogen-bond acceptors (Lipinski definition) is 6. The molecule has 1 aliphatic rings. The van der Waals surface area contributed by atoms with E-state index in [1.54, 1.807) is 11.1 Å². The minimum absolute atomic E-state index is 0.0677. The molecule has 1 atom stereocenters. The summed E-state index contributed by atoms with van der Waals surface area (Å²) < 4.78 is 7.34. The summed E-state index contributed by atoms with van der Waals surface area (Å²) in [6, 6.07) is 11.5. The third kappa shape index (κ3) is 2.95. The molecule has 4 aromatic heterocycles. The van der Waals surface area contributed by atoms with Gasteiger partial charge in [-0.2, -0.15) is 4.98 Å². The summed E-state index contributed by atoms with van der Waals surface area (Å²) in [7, 11) is 0. The van der Waals surface area contributed by atoms with Gasteiger partial charge >= 0.3 is 0 Å². The first-order valence-corrected chi connectivity index (χ1v) is 8.72. The van der Waals surface area contributed by atoms with E-state index in [1.807, 2.05) is 53.2 Å². The van der Waals surface area contributed by atoms with Gasteiger partial charge in [0.25, 0.3) is 0 Å². The Kier molecular flexibility index (Phi) is 3.67. The molecule has 1 fully saturated rings. The summed E-state index contributed by atoms with van der Waals surface area (Å²) in [5.74, 6) is 0.862. The molecule has 8 nitrogen and oxygen atoms in total. The molecular formula is C19H16N6O2. The van der Waals surface area contributed by atoms with Gasteiger partial charge in [-0.25, -0.2) is 4.98 Å². The second-order valence-electron chi connectivity index (χ2n) is 6.54. The summed E-state index contributed by atoms with van der Waals surface area (Å²) in [5, 5.41) is 4.06. The first kappa shape index (κ1) is 15.7. The molecular weight excluding hydrogens is 344 g/mol. The standard InChI is InChI=1S/C19H16N6O2/c26-17-9-13(10-25(17)11-14-5-1-3-7-20-14)19-22-18(23-27-19)15-12-24-8-4-2-6-16(24)21-15/h1-8,12-13H,9-11H2. The van der Waals surface area contributed by atoms with Crippen LogP contribution in [0.3, 0.4) is 0 Å². The molecule has 0 N–H and O–H groups in total. The lowest BCUT2D eigenvalue weighted by atomic mass is 10.1. The smallest absolute Gasteiger partial charge is 0.232 e. The van der Waals surface area contributed by atoms with Crippen LogP contribution in [0.4, 0.5) is 0 Å². The molecule has 1 aliphatic heterocycles. The molecule has 1 amide bonds. The Bertz CT molecular complexity index is 1070. The maximum absolute atomic E-state index is 12.3. The summed E-state index contributed by atoms with van der Waals surface area (Å²) in [6.07, 6.45) is 5.86. The molecule has 0 spiro atoms. The molecule has 0 bridgehead atoms. The highest BCUT2D eigenvalue weighted by atomic mass is 16.5. The number of nitrogens with zero attached hydrogens (tertiary/aromatic N) is 6. The van der Waals surface area contributed by atoms with Gasteiger partial charge in [0, 0.05) is 31.6 Å². The minimum Gasteiger partial charge on any atom is -0.339 e. The van der Waals surface area contributed by atoms with Crippen LogP contribution in [-0.4, -0.2) is 41.9 Å². The molecule has 1 unspecified atom stereocenters. The van der Waals surface area contributed by atoms with Gasteiger partial charge < -0.3 is 13.8 Å². The van der Waals surface area contributed by atoms with Gasteiger partial charge in [-0.15, -0.1) is 0 Å². The zero-order valence-electron chi connectivity index (χ0n) is 14.4. The van der Waals surface area contributed by atoms with Crippen molar-refractivity contribution in [3.8, 4) is 11.5 Å². The number of rotatable bonds is 4. The Balaban J connectivity index is 1.34. The predicted molar refractivity (Wildman–Crippen MR) is 95.5 cm³/mol. The fourth-order valence-corrected chi connectivity index (χ4v) is 3.33. The van der Waals surface area contributed by atoms with Crippen LogP contribution in [0.15, 0.2) is 59.5 Å². The number of imidazole rings is 1. The highest BCUT2D eigenvalue weighted by Crippen LogP contribution is 2.29. The lowest BCUT2D eigenvalue weighted by Crippen LogP contribution is -2.24. The maximum Gasteiger partial charge on any atom is 0.232 e. The lowest BCUT2D eigenvalue weighted by Gasteiger charge is -2.15. The number of likely N-dealkylation sites (tertiary alicyclic amines) is 1. The van der Waals surface area contributed by atoms with Crippen LogP contribution in [0, 0.1) is 0 Å². The van der Waals surface area contributed by atoms with Gasteiger partial charge in [0.2, 0.25) is 17.6 Å². The summed E-state index contributed by atoms with van der Waals surface area (Å²) in [6.45, 7) is 1.03. The van der Waals surface area contributed by atoms with Gasteiger partial charge in [0.1, 0.15) is 11.3 Å². The van der Waals surface area contributed by atoms with E-state index in [0.717, 1.165) is 11.3 Å². The van der Waals surface area contributed by atoms with Crippen molar-refractivity contribution >= 4 is 11.6 Å². The number of carbonyl (C=O) groups is 1. The highest BCUT2D eigenvalue weighted by Gasteiger charge is 2.34.